The summed E-state index contributed by atoms with van der Waals surface area (Å²) in [6.45, 7) is 6.86. The van der Waals surface area contributed by atoms with Crippen LogP contribution in [0.2, 0.25) is 0 Å². The summed E-state index contributed by atoms with van der Waals surface area (Å²) >= 11 is 0. The Bertz CT molecular complexity index is 342. The third kappa shape index (κ3) is 3.80. The second-order valence-electron chi connectivity index (χ2n) is 5.14. The largest absolute Gasteiger partial charge is 0.391 e. The van der Waals surface area contributed by atoms with Gasteiger partial charge in [0.25, 0.3) is 0 Å². The number of piperidine rings is 1. The third-order valence-corrected chi connectivity index (χ3v) is 3.71. The van der Waals surface area contributed by atoms with Crippen molar-refractivity contribution in [1.82, 2.24) is 10.2 Å². The maximum atomic E-state index is 10.2. The molecule has 1 aromatic rings. The Kier molecular flexibility index (Phi) is 5.17. The fourth-order valence-electron chi connectivity index (χ4n) is 2.60. The first-order chi connectivity index (χ1) is 8.79. The van der Waals surface area contributed by atoms with Crippen LogP contribution in [0.15, 0.2) is 30.3 Å². The summed E-state index contributed by atoms with van der Waals surface area (Å²) < 4.78 is 0. The lowest BCUT2D eigenvalue weighted by molar-refractivity contribution is 0.0191. The topological polar surface area (TPSA) is 35.5 Å². The van der Waals surface area contributed by atoms with E-state index in [0.29, 0.717) is 5.92 Å². The lowest BCUT2D eigenvalue weighted by Gasteiger charge is -2.36. The van der Waals surface area contributed by atoms with E-state index in [-0.39, 0.29) is 6.10 Å². The van der Waals surface area contributed by atoms with E-state index in [1.807, 2.05) is 6.07 Å². The summed E-state index contributed by atoms with van der Waals surface area (Å²) in [6, 6.07) is 10.5. The van der Waals surface area contributed by atoms with E-state index in [9.17, 15) is 5.11 Å². The number of aliphatic hydroxyl groups is 1. The summed E-state index contributed by atoms with van der Waals surface area (Å²) in [6.07, 6.45) is 0.891. The highest BCUT2D eigenvalue weighted by atomic mass is 16.3. The van der Waals surface area contributed by atoms with Crippen LogP contribution in [0.5, 0.6) is 0 Å². The number of hydrogen-bond acceptors (Lipinski definition) is 3. The van der Waals surface area contributed by atoms with E-state index in [2.05, 4.69) is 41.4 Å². The Balaban J connectivity index is 1.81. The average Bonchev–Trinajstić information content (AvgIpc) is 2.39. The molecule has 0 bridgehead atoms. The fourth-order valence-corrected chi connectivity index (χ4v) is 2.60. The number of likely N-dealkylation sites (tertiary alicyclic amines) is 1. The molecule has 1 heterocycles. The van der Waals surface area contributed by atoms with E-state index < -0.39 is 0 Å². The maximum Gasteiger partial charge on any atom is 0.0707 e. The summed E-state index contributed by atoms with van der Waals surface area (Å²) in [5.74, 6) is 0.414. The van der Waals surface area contributed by atoms with Crippen molar-refractivity contribution in [2.45, 2.75) is 26.0 Å². The van der Waals surface area contributed by atoms with Gasteiger partial charge in [0.1, 0.15) is 0 Å². The van der Waals surface area contributed by atoms with Crippen LogP contribution in [0.25, 0.3) is 0 Å². The minimum atomic E-state index is -0.193. The number of hydrogen-bond donors (Lipinski definition) is 2. The van der Waals surface area contributed by atoms with Gasteiger partial charge in [0.15, 0.2) is 0 Å². The lowest BCUT2D eigenvalue weighted by atomic mass is 9.93. The second kappa shape index (κ2) is 6.88. The first kappa shape index (κ1) is 13.5. The highest BCUT2D eigenvalue weighted by molar-refractivity contribution is 5.14. The fraction of sp³-hybridized carbons (Fsp3) is 0.600. The smallest absolute Gasteiger partial charge is 0.0707 e. The third-order valence-electron chi connectivity index (χ3n) is 3.71. The van der Waals surface area contributed by atoms with Gasteiger partial charge in [-0.25, -0.2) is 0 Å². The number of β-amino-alcohol motifs (C(OH)–C–C–N with tert-alkyl or cyclic N) is 1. The van der Waals surface area contributed by atoms with Gasteiger partial charge in [-0.3, -0.25) is 4.90 Å². The van der Waals surface area contributed by atoms with E-state index >= 15 is 0 Å². The molecule has 0 saturated carbocycles. The monoisotopic (exact) mass is 248 g/mol. The van der Waals surface area contributed by atoms with E-state index in [1.54, 1.807) is 0 Å². The molecule has 100 valence electrons. The molecule has 0 aliphatic carbocycles. The molecule has 2 atom stereocenters. The van der Waals surface area contributed by atoms with Crippen molar-refractivity contribution in [2.75, 3.05) is 26.2 Å². The predicted octanol–water partition coefficient (Wildman–Crippen LogP) is 1.48. The molecule has 1 saturated heterocycles. The van der Waals surface area contributed by atoms with Gasteiger partial charge in [-0.05, 0) is 31.0 Å². The van der Waals surface area contributed by atoms with Gasteiger partial charge in [-0.15, -0.1) is 0 Å². The molecule has 1 aliphatic rings. The van der Waals surface area contributed by atoms with E-state index in [1.165, 1.54) is 5.56 Å². The van der Waals surface area contributed by atoms with Crippen molar-refractivity contribution >= 4 is 0 Å². The van der Waals surface area contributed by atoms with Gasteiger partial charge in [0, 0.05) is 19.6 Å². The van der Waals surface area contributed by atoms with Crippen molar-refractivity contribution in [2.24, 2.45) is 5.92 Å². The number of aliphatic hydroxyl groups excluding tert-OH is 1. The minimum absolute atomic E-state index is 0.193. The second-order valence-corrected chi connectivity index (χ2v) is 5.14. The molecule has 0 amide bonds. The van der Waals surface area contributed by atoms with Crippen molar-refractivity contribution in [3.05, 3.63) is 35.9 Å². The van der Waals surface area contributed by atoms with E-state index in [4.69, 9.17) is 0 Å². The van der Waals surface area contributed by atoms with Gasteiger partial charge in [0.2, 0.25) is 0 Å². The lowest BCUT2D eigenvalue weighted by Crippen LogP contribution is -2.46. The van der Waals surface area contributed by atoms with Crippen LogP contribution >= 0.6 is 0 Å². The van der Waals surface area contributed by atoms with Crippen LogP contribution in [0.1, 0.15) is 18.9 Å². The standard InChI is InChI=1S/C15H24N2O/c1-2-16-10-14-8-9-17(12-15(14)18)11-13-6-4-3-5-7-13/h3-7,14-16,18H,2,8-12H2,1H3. The minimum Gasteiger partial charge on any atom is -0.391 e. The van der Waals surface area contributed by atoms with Crippen molar-refractivity contribution in [3.63, 3.8) is 0 Å². The summed E-state index contributed by atoms with van der Waals surface area (Å²) in [4.78, 5) is 2.35. The van der Waals surface area contributed by atoms with Gasteiger partial charge in [-0.1, -0.05) is 37.3 Å². The Hall–Kier alpha value is -0.900. The Morgan fingerprint density at radius 1 is 1.33 bits per heavy atom. The van der Waals surface area contributed by atoms with Gasteiger partial charge in [-0.2, -0.15) is 0 Å². The molecule has 2 rings (SSSR count). The maximum absolute atomic E-state index is 10.2. The van der Waals surface area contributed by atoms with Crippen LogP contribution < -0.4 is 5.32 Å². The SMILES string of the molecule is CCNCC1CCN(Cc2ccccc2)CC1O. The molecule has 2 N–H and O–H groups in total. The molecule has 3 nitrogen and oxygen atoms in total. The zero-order valence-corrected chi connectivity index (χ0v) is 11.2. The van der Waals surface area contributed by atoms with Gasteiger partial charge >= 0.3 is 0 Å². The number of nitrogens with zero attached hydrogens (tertiary/aromatic N) is 1. The van der Waals surface area contributed by atoms with Crippen molar-refractivity contribution in [3.8, 4) is 0 Å². The summed E-state index contributed by atoms with van der Waals surface area (Å²) in [5, 5.41) is 13.5. The molecule has 3 heteroatoms. The molecule has 0 spiro atoms. The van der Waals surface area contributed by atoms with Crippen LogP contribution in [-0.4, -0.2) is 42.3 Å². The summed E-state index contributed by atoms with van der Waals surface area (Å²) in [5.41, 5.74) is 1.33. The predicted molar refractivity (Wildman–Crippen MR) is 74.4 cm³/mol. The highest BCUT2D eigenvalue weighted by Crippen LogP contribution is 2.19. The van der Waals surface area contributed by atoms with Crippen LogP contribution in [0.3, 0.4) is 0 Å². The molecule has 1 aliphatic heterocycles. The van der Waals surface area contributed by atoms with Gasteiger partial charge < -0.3 is 10.4 Å². The molecule has 0 radical (unpaired) electrons. The molecular formula is C15H24N2O. The molecule has 1 fully saturated rings. The first-order valence-electron chi connectivity index (χ1n) is 6.94. The van der Waals surface area contributed by atoms with Crippen LogP contribution in [0.4, 0.5) is 0 Å². The molecule has 18 heavy (non-hydrogen) atoms. The Morgan fingerprint density at radius 3 is 2.78 bits per heavy atom. The van der Waals surface area contributed by atoms with Crippen LogP contribution in [-0.2, 0) is 6.54 Å². The molecule has 1 aromatic carbocycles. The normalized spacial score (nSPS) is 25.2. The van der Waals surface area contributed by atoms with Gasteiger partial charge in [0.05, 0.1) is 6.10 Å². The van der Waals surface area contributed by atoms with Crippen molar-refractivity contribution < 1.29 is 5.11 Å². The van der Waals surface area contributed by atoms with Crippen LogP contribution in [0, 0.1) is 5.92 Å². The molecular weight excluding hydrogens is 224 g/mol. The first-order valence-corrected chi connectivity index (χ1v) is 6.94. The zero-order valence-electron chi connectivity index (χ0n) is 11.2. The molecule has 0 aromatic heterocycles. The summed E-state index contributed by atoms with van der Waals surface area (Å²) in [7, 11) is 0. The Morgan fingerprint density at radius 2 is 2.11 bits per heavy atom. The number of nitrogens with one attached hydrogen (secondary N) is 1. The average molecular weight is 248 g/mol. The quantitative estimate of drug-likeness (QED) is 0.828. The Labute approximate surface area is 110 Å². The van der Waals surface area contributed by atoms with Crippen molar-refractivity contribution in [1.29, 1.82) is 0 Å². The number of benzene rings is 1. The van der Waals surface area contributed by atoms with E-state index in [0.717, 1.165) is 39.1 Å². The zero-order chi connectivity index (χ0) is 12.8. The highest BCUT2D eigenvalue weighted by Gasteiger charge is 2.26. The molecule has 2 unspecified atom stereocenters. The number of rotatable bonds is 5.